The smallest absolute Gasteiger partial charge is 0.248 e. The van der Waals surface area contributed by atoms with Crippen LogP contribution in [0.15, 0.2) is 6.07 Å². The van der Waals surface area contributed by atoms with E-state index in [-0.39, 0.29) is 30.8 Å². The zero-order valence-electron chi connectivity index (χ0n) is 15.7. The van der Waals surface area contributed by atoms with Crippen molar-refractivity contribution >= 4 is 23.5 Å². The van der Waals surface area contributed by atoms with E-state index in [0.717, 1.165) is 19.4 Å². The molecular formula is C17H27F2N7O. The minimum Gasteiger partial charge on any atom is -0.367 e. The normalized spacial score (nSPS) is 23.2. The monoisotopic (exact) mass is 383 g/mol. The average Bonchev–Trinajstić information content (AvgIpc) is 2.61. The Balaban J connectivity index is 1.71. The third-order valence-corrected chi connectivity index (χ3v) is 5.01. The lowest BCUT2D eigenvalue weighted by molar-refractivity contribution is -0.132. The van der Waals surface area contributed by atoms with E-state index in [1.807, 2.05) is 0 Å². The summed E-state index contributed by atoms with van der Waals surface area (Å²) in [5.74, 6) is -1.14. The van der Waals surface area contributed by atoms with Crippen molar-refractivity contribution in [2.75, 3.05) is 36.7 Å². The number of hydrazine groups is 1. The number of alkyl halides is 2. The molecule has 1 amide bonds. The Morgan fingerprint density at radius 3 is 2.48 bits per heavy atom. The molecule has 1 unspecified atom stereocenters. The van der Waals surface area contributed by atoms with Gasteiger partial charge >= 0.3 is 0 Å². The van der Waals surface area contributed by atoms with Crippen molar-refractivity contribution < 1.29 is 13.6 Å². The molecule has 1 aliphatic heterocycles. The molecule has 1 aromatic rings. The second-order valence-corrected chi connectivity index (χ2v) is 7.21. The summed E-state index contributed by atoms with van der Waals surface area (Å²) in [6.45, 7) is 0.756. The molecule has 1 aromatic heterocycles. The summed E-state index contributed by atoms with van der Waals surface area (Å²) >= 11 is 0. The van der Waals surface area contributed by atoms with Crippen LogP contribution in [0.4, 0.5) is 26.4 Å². The first kappa shape index (κ1) is 19.5. The summed E-state index contributed by atoms with van der Waals surface area (Å²) in [5, 5.41) is 6.41. The molecule has 2 aliphatic rings. The molecule has 27 heavy (non-hydrogen) atoms. The lowest BCUT2D eigenvalue weighted by Gasteiger charge is -2.30. The number of hydrogen-bond donors (Lipinski definition) is 4. The Labute approximate surface area is 157 Å². The van der Waals surface area contributed by atoms with Crippen molar-refractivity contribution in [3.63, 3.8) is 0 Å². The predicted octanol–water partition coefficient (Wildman–Crippen LogP) is 2.05. The molecule has 2 heterocycles. The number of anilines is 3. The van der Waals surface area contributed by atoms with Crippen molar-refractivity contribution in [1.29, 1.82) is 0 Å². The molecule has 1 aliphatic carbocycles. The maximum atomic E-state index is 13.4. The van der Waals surface area contributed by atoms with E-state index < -0.39 is 5.92 Å². The number of carbonyl (C=O) groups excluding carboxylic acids is 1. The van der Waals surface area contributed by atoms with Crippen molar-refractivity contribution in [1.82, 2.24) is 20.3 Å². The molecule has 8 nitrogen and oxygen atoms in total. The fraction of sp³-hybridized carbons (Fsp3) is 0.706. The van der Waals surface area contributed by atoms with Crippen LogP contribution in [-0.2, 0) is 4.79 Å². The highest BCUT2D eigenvalue weighted by Crippen LogP contribution is 2.34. The molecule has 2 fully saturated rings. The topological polar surface area (TPSA) is 94.2 Å². The number of amides is 1. The summed E-state index contributed by atoms with van der Waals surface area (Å²) in [6.07, 6.45) is 2.20. The minimum atomic E-state index is -2.57. The highest BCUT2D eigenvalue weighted by Gasteiger charge is 2.35. The first-order valence-corrected chi connectivity index (χ1v) is 9.34. The van der Waals surface area contributed by atoms with Crippen LogP contribution in [-0.4, -0.2) is 59.4 Å². The first-order valence-electron chi connectivity index (χ1n) is 9.34. The van der Waals surface area contributed by atoms with E-state index in [0.29, 0.717) is 30.4 Å². The van der Waals surface area contributed by atoms with Crippen molar-refractivity contribution in [2.45, 2.75) is 56.5 Å². The second-order valence-electron chi connectivity index (χ2n) is 7.21. The van der Waals surface area contributed by atoms with Gasteiger partial charge in [-0.1, -0.05) is 0 Å². The van der Waals surface area contributed by atoms with Crippen LogP contribution in [0.3, 0.4) is 0 Å². The van der Waals surface area contributed by atoms with Gasteiger partial charge in [0.2, 0.25) is 17.8 Å². The number of halogens is 2. The van der Waals surface area contributed by atoms with E-state index in [1.165, 1.54) is 0 Å². The Hall–Kier alpha value is -2.23. The predicted molar refractivity (Wildman–Crippen MR) is 99.8 cm³/mol. The Kier molecular flexibility index (Phi) is 5.93. The van der Waals surface area contributed by atoms with Gasteiger partial charge in [-0.05, 0) is 25.7 Å². The summed E-state index contributed by atoms with van der Waals surface area (Å²) in [4.78, 5) is 22.7. The van der Waals surface area contributed by atoms with Gasteiger partial charge in [-0.2, -0.15) is 9.97 Å². The highest BCUT2D eigenvalue weighted by atomic mass is 19.3. The minimum absolute atomic E-state index is 0.0343. The number of nitrogens with one attached hydrogen (secondary N) is 4. The van der Waals surface area contributed by atoms with Crippen molar-refractivity contribution in [3.8, 4) is 0 Å². The molecule has 0 bridgehead atoms. The van der Waals surface area contributed by atoms with Gasteiger partial charge < -0.3 is 15.5 Å². The number of likely N-dealkylation sites (tertiary alicyclic amines) is 1. The molecule has 150 valence electrons. The Morgan fingerprint density at radius 2 is 1.81 bits per heavy atom. The third kappa shape index (κ3) is 5.15. The van der Waals surface area contributed by atoms with Crippen LogP contribution >= 0.6 is 0 Å². The van der Waals surface area contributed by atoms with Gasteiger partial charge in [-0.3, -0.25) is 10.2 Å². The standard InChI is InChI=1S/C17H27F2N7O/c1-20-25-16-23-13(21-11-5-7-17(18,19)8-6-11)10-14(24-16)22-12-4-3-9-26(2)15(12)27/h10-12,20H,3-9H2,1-2H3,(H3,21,22,23,24,25). The Bertz CT molecular complexity index is 663. The van der Waals surface area contributed by atoms with Gasteiger partial charge in [0, 0.05) is 45.6 Å². The molecule has 1 saturated carbocycles. The maximum Gasteiger partial charge on any atom is 0.248 e. The van der Waals surface area contributed by atoms with Gasteiger partial charge in [-0.25, -0.2) is 14.2 Å². The maximum absolute atomic E-state index is 13.4. The number of piperidine rings is 1. The largest absolute Gasteiger partial charge is 0.367 e. The molecule has 0 spiro atoms. The van der Waals surface area contributed by atoms with E-state index in [1.54, 1.807) is 25.1 Å². The van der Waals surface area contributed by atoms with E-state index in [9.17, 15) is 13.6 Å². The van der Waals surface area contributed by atoms with Crippen LogP contribution in [0.5, 0.6) is 0 Å². The summed E-state index contributed by atoms with van der Waals surface area (Å²) in [6, 6.07) is 1.33. The fourth-order valence-electron chi connectivity index (χ4n) is 3.50. The van der Waals surface area contributed by atoms with Gasteiger partial charge in [-0.15, -0.1) is 0 Å². The van der Waals surface area contributed by atoms with Gasteiger partial charge in [0.1, 0.15) is 17.7 Å². The fourth-order valence-corrected chi connectivity index (χ4v) is 3.50. The van der Waals surface area contributed by atoms with Crippen molar-refractivity contribution in [2.24, 2.45) is 0 Å². The quantitative estimate of drug-likeness (QED) is 0.559. The SMILES string of the molecule is CNNc1nc(NC2CCC(F)(F)CC2)cc(NC2CCCN(C)C2=O)n1. The Morgan fingerprint density at radius 1 is 1.15 bits per heavy atom. The first-order chi connectivity index (χ1) is 12.9. The highest BCUT2D eigenvalue weighted by molar-refractivity contribution is 5.85. The second kappa shape index (κ2) is 8.20. The lowest BCUT2D eigenvalue weighted by Crippen LogP contribution is -2.45. The van der Waals surface area contributed by atoms with Crippen LogP contribution in [0.25, 0.3) is 0 Å². The zero-order chi connectivity index (χ0) is 19.4. The average molecular weight is 383 g/mol. The molecule has 1 saturated heterocycles. The molecule has 1 atom stereocenters. The molecule has 10 heteroatoms. The van der Waals surface area contributed by atoms with Crippen LogP contribution in [0.1, 0.15) is 38.5 Å². The number of rotatable bonds is 6. The van der Waals surface area contributed by atoms with Gasteiger partial charge in [0.15, 0.2) is 0 Å². The van der Waals surface area contributed by atoms with E-state index >= 15 is 0 Å². The molecule has 0 aromatic carbocycles. The number of likely N-dealkylation sites (N-methyl/N-ethyl adjacent to an activating group) is 1. The summed E-state index contributed by atoms with van der Waals surface area (Å²) in [7, 11) is 3.48. The van der Waals surface area contributed by atoms with Crippen LogP contribution in [0.2, 0.25) is 0 Å². The van der Waals surface area contributed by atoms with Crippen LogP contribution in [0, 0.1) is 0 Å². The number of aromatic nitrogens is 2. The third-order valence-electron chi connectivity index (χ3n) is 5.01. The molecular weight excluding hydrogens is 356 g/mol. The molecule has 0 radical (unpaired) electrons. The van der Waals surface area contributed by atoms with E-state index in [4.69, 9.17) is 0 Å². The number of hydrogen-bond acceptors (Lipinski definition) is 7. The number of nitrogens with zero attached hydrogens (tertiary/aromatic N) is 3. The molecule has 4 N–H and O–H groups in total. The summed E-state index contributed by atoms with van der Waals surface area (Å²) < 4.78 is 26.7. The van der Waals surface area contributed by atoms with Crippen LogP contribution < -0.4 is 21.5 Å². The number of carbonyl (C=O) groups is 1. The lowest BCUT2D eigenvalue weighted by atomic mass is 9.92. The summed E-state index contributed by atoms with van der Waals surface area (Å²) in [5.41, 5.74) is 5.60. The van der Waals surface area contributed by atoms with Gasteiger partial charge in [0.25, 0.3) is 0 Å². The zero-order valence-corrected chi connectivity index (χ0v) is 15.7. The molecule has 3 rings (SSSR count). The van der Waals surface area contributed by atoms with Gasteiger partial charge in [0.05, 0.1) is 0 Å². The van der Waals surface area contributed by atoms with E-state index in [2.05, 4.69) is 31.5 Å². The van der Waals surface area contributed by atoms with Crippen molar-refractivity contribution in [3.05, 3.63) is 6.07 Å².